The number of hydrogen-bond acceptors (Lipinski definition) is 4. The average molecular weight is 296 g/mol. The summed E-state index contributed by atoms with van der Waals surface area (Å²) in [6.07, 6.45) is 0. The van der Waals surface area contributed by atoms with Crippen molar-refractivity contribution in [3.8, 4) is 0 Å². The molecule has 2 aromatic rings. The zero-order chi connectivity index (χ0) is 13.8. The van der Waals surface area contributed by atoms with Gasteiger partial charge in [0.15, 0.2) is 5.84 Å². The van der Waals surface area contributed by atoms with E-state index in [9.17, 15) is 4.79 Å². The molecule has 0 unspecified atom stereocenters. The lowest BCUT2D eigenvalue weighted by Crippen LogP contribution is -2.18. The maximum atomic E-state index is 12.0. The Labute approximate surface area is 118 Å². The molecule has 0 aliphatic carbocycles. The molecule has 0 radical (unpaired) electrons. The van der Waals surface area contributed by atoms with Crippen LogP contribution >= 0.6 is 22.9 Å². The van der Waals surface area contributed by atoms with Gasteiger partial charge < -0.3 is 16.3 Å². The first-order chi connectivity index (χ1) is 9.11. The van der Waals surface area contributed by atoms with Gasteiger partial charge in [0, 0.05) is 16.0 Å². The number of nitrogens with two attached hydrogens (primary N) is 1. The molecule has 1 amide bonds. The van der Waals surface area contributed by atoms with Gasteiger partial charge >= 0.3 is 0 Å². The molecule has 0 saturated heterocycles. The molecule has 7 heteroatoms. The average Bonchev–Trinajstić information content (AvgIpc) is 2.92. The number of rotatable bonds is 3. The van der Waals surface area contributed by atoms with Crippen LogP contribution in [0.2, 0.25) is 5.02 Å². The van der Waals surface area contributed by atoms with E-state index in [0.29, 0.717) is 21.8 Å². The van der Waals surface area contributed by atoms with Crippen LogP contribution in [0.3, 0.4) is 0 Å². The monoisotopic (exact) mass is 295 g/mol. The Morgan fingerprint density at radius 3 is 2.84 bits per heavy atom. The van der Waals surface area contributed by atoms with E-state index in [2.05, 4.69) is 10.5 Å². The van der Waals surface area contributed by atoms with E-state index >= 15 is 0 Å². The summed E-state index contributed by atoms with van der Waals surface area (Å²) in [5, 5.41) is 18.3. The van der Waals surface area contributed by atoms with Gasteiger partial charge in [0.05, 0.1) is 11.3 Å². The maximum absolute atomic E-state index is 12.0. The molecule has 0 fully saturated rings. The minimum atomic E-state index is -0.282. The minimum Gasteiger partial charge on any atom is -0.409 e. The highest BCUT2D eigenvalue weighted by Crippen LogP contribution is 2.22. The largest absolute Gasteiger partial charge is 0.409 e. The number of amidine groups is 1. The molecule has 0 spiro atoms. The normalized spacial score (nSPS) is 11.3. The molecule has 0 aliphatic heterocycles. The molecule has 4 N–H and O–H groups in total. The van der Waals surface area contributed by atoms with Crippen LogP contribution in [-0.4, -0.2) is 17.0 Å². The fourth-order valence-electron chi connectivity index (χ4n) is 1.49. The zero-order valence-electron chi connectivity index (χ0n) is 9.63. The van der Waals surface area contributed by atoms with Crippen molar-refractivity contribution in [2.24, 2.45) is 10.9 Å². The van der Waals surface area contributed by atoms with Crippen molar-refractivity contribution in [1.29, 1.82) is 0 Å². The minimum absolute atomic E-state index is 0.0997. The molecule has 1 heterocycles. The van der Waals surface area contributed by atoms with Gasteiger partial charge in [-0.3, -0.25) is 4.79 Å². The number of thiophene rings is 1. The van der Waals surface area contributed by atoms with Gasteiger partial charge in [0.25, 0.3) is 5.91 Å². The van der Waals surface area contributed by atoms with Crippen LogP contribution in [0, 0.1) is 0 Å². The Kier molecular flexibility index (Phi) is 4.03. The second kappa shape index (κ2) is 5.73. The van der Waals surface area contributed by atoms with Crippen molar-refractivity contribution in [3.05, 3.63) is 51.2 Å². The first-order valence-electron chi connectivity index (χ1n) is 5.23. The number of nitrogens with one attached hydrogen (secondary N) is 1. The van der Waals surface area contributed by atoms with E-state index in [1.807, 2.05) is 0 Å². The number of carbonyl (C=O) groups is 1. The molecule has 0 atom stereocenters. The molecule has 1 aromatic heterocycles. The smallest absolute Gasteiger partial charge is 0.256 e. The Bertz CT molecular complexity index is 626. The van der Waals surface area contributed by atoms with E-state index < -0.39 is 0 Å². The lowest BCUT2D eigenvalue weighted by atomic mass is 10.1. The summed E-state index contributed by atoms with van der Waals surface area (Å²) in [4.78, 5) is 12.0. The quantitative estimate of drug-likeness (QED) is 0.352. The van der Waals surface area contributed by atoms with Crippen molar-refractivity contribution in [1.82, 2.24) is 0 Å². The topological polar surface area (TPSA) is 87.7 Å². The highest BCUT2D eigenvalue weighted by atomic mass is 35.5. The molecule has 1 aromatic carbocycles. The number of anilines is 1. The van der Waals surface area contributed by atoms with E-state index in [4.69, 9.17) is 22.5 Å². The van der Waals surface area contributed by atoms with E-state index in [-0.39, 0.29) is 11.7 Å². The molecular weight excluding hydrogens is 286 g/mol. The summed E-state index contributed by atoms with van der Waals surface area (Å²) >= 11 is 7.30. The van der Waals surface area contributed by atoms with Crippen molar-refractivity contribution in [2.45, 2.75) is 0 Å². The molecule has 2 rings (SSSR count). The third kappa shape index (κ3) is 3.04. The van der Waals surface area contributed by atoms with E-state index in [1.54, 1.807) is 35.0 Å². The van der Waals surface area contributed by atoms with Crippen LogP contribution in [0.25, 0.3) is 0 Å². The second-order valence-electron chi connectivity index (χ2n) is 3.64. The van der Waals surface area contributed by atoms with Gasteiger partial charge in [0.1, 0.15) is 0 Å². The molecule has 0 aliphatic rings. The predicted octanol–water partition coefficient (Wildman–Crippen LogP) is 2.75. The van der Waals surface area contributed by atoms with Crippen molar-refractivity contribution in [2.75, 3.05) is 5.32 Å². The molecule has 0 saturated carbocycles. The van der Waals surface area contributed by atoms with Gasteiger partial charge in [-0.05, 0) is 29.6 Å². The number of oxime groups is 1. The number of benzene rings is 1. The first kappa shape index (κ1) is 13.4. The second-order valence-corrected chi connectivity index (χ2v) is 4.86. The van der Waals surface area contributed by atoms with Crippen LogP contribution < -0.4 is 11.1 Å². The van der Waals surface area contributed by atoms with Gasteiger partial charge in [0.2, 0.25) is 0 Å². The summed E-state index contributed by atoms with van der Waals surface area (Å²) in [6, 6.07) is 6.41. The van der Waals surface area contributed by atoms with Crippen LogP contribution in [0.4, 0.5) is 5.69 Å². The zero-order valence-corrected chi connectivity index (χ0v) is 11.2. The van der Waals surface area contributed by atoms with Crippen LogP contribution in [0.5, 0.6) is 0 Å². The number of halogens is 1. The van der Waals surface area contributed by atoms with Crippen LogP contribution in [0.15, 0.2) is 40.2 Å². The van der Waals surface area contributed by atoms with E-state index in [1.165, 1.54) is 11.3 Å². The highest BCUT2D eigenvalue weighted by molar-refractivity contribution is 7.08. The number of hydrogen-bond donors (Lipinski definition) is 3. The number of nitrogens with zero attached hydrogens (tertiary/aromatic N) is 1. The molecule has 5 nitrogen and oxygen atoms in total. The first-order valence-corrected chi connectivity index (χ1v) is 6.55. The van der Waals surface area contributed by atoms with E-state index in [0.717, 1.165) is 0 Å². The number of carbonyl (C=O) groups excluding carboxylic acids is 1. The third-order valence-electron chi connectivity index (χ3n) is 2.40. The van der Waals surface area contributed by atoms with Gasteiger partial charge in [-0.25, -0.2) is 0 Å². The summed E-state index contributed by atoms with van der Waals surface area (Å²) in [7, 11) is 0. The SMILES string of the molecule is NC(=NO)c1ccc(Cl)cc1NC(=O)c1ccsc1. The summed E-state index contributed by atoms with van der Waals surface area (Å²) in [5.41, 5.74) is 6.87. The third-order valence-corrected chi connectivity index (χ3v) is 3.32. The Hall–Kier alpha value is -2.05. The Morgan fingerprint density at radius 2 is 2.21 bits per heavy atom. The highest BCUT2D eigenvalue weighted by Gasteiger charge is 2.12. The van der Waals surface area contributed by atoms with Crippen molar-refractivity contribution >= 4 is 40.4 Å². The van der Waals surface area contributed by atoms with Crippen molar-refractivity contribution in [3.63, 3.8) is 0 Å². The lowest BCUT2D eigenvalue weighted by Gasteiger charge is -2.10. The summed E-state index contributed by atoms with van der Waals surface area (Å²) < 4.78 is 0. The molecular formula is C12H10ClN3O2S. The van der Waals surface area contributed by atoms with Crippen molar-refractivity contribution < 1.29 is 10.0 Å². The lowest BCUT2D eigenvalue weighted by molar-refractivity contribution is 0.102. The maximum Gasteiger partial charge on any atom is 0.256 e. The van der Waals surface area contributed by atoms with Gasteiger partial charge in [-0.1, -0.05) is 16.8 Å². The number of amides is 1. The van der Waals surface area contributed by atoms with Gasteiger partial charge in [-0.2, -0.15) is 11.3 Å². The molecule has 0 bridgehead atoms. The van der Waals surface area contributed by atoms with Crippen LogP contribution in [-0.2, 0) is 0 Å². The molecule has 98 valence electrons. The van der Waals surface area contributed by atoms with Crippen LogP contribution in [0.1, 0.15) is 15.9 Å². The fraction of sp³-hybridized carbons (Fsp3) is 0. The predicted molar refractivity (Wildman–Crippen MR) is 76.2 cm³/mol. The standard InChI is InChI=1S/C12H10ClN3O2S/c13-8-1-2-9(11(14)16-18)10(5-8)15-12(17)7-3-4-19-6-7/h1-6,18H,(H2,14,16)(H,15,17). The summed E-state index contributed by atoms with van der Waals surface area (Å²) in [6.45, 7) is 0. The Balaban J connectivity index is 2.33. The van der Waals surface area contributed by atoms with Gasteiger partial charge in [-0.15, -0.1) is 0 Å². The summed E-state index contributed by atoms with van der Waals surface area (Å²) in [5.74, 6) is -0.382. The fourth-order valence-corrected chi connectivity index (χ4v) is 2.29. The Morgan fingerprint density at radius 1 is 1.42 bits per heavy atom. The molecule has 19 heavy (non-hydrogen) atoms.